The van der Waals surface area contributed by atoms with E-state index in [-0.39, 0.29) is 5.91 Å². The Kier molecular flexibility index (Phi) is 3.34. The van der Waals surface area contributed by atoms with Crippen LogP contribution < -0.4 is 5.32 Å². The van der Waals surface area contributed by atoms with Gasteiger partial charge in [0.05, 0.1) is 17.7 Å². The molecule has 1 amide bonds. The van der Waals surface area contributed by atoms with Gasteiger partial charge in [0.15, 0.2) is 5.76 Å². The summed E-state index contributed by atoms with van der Waals surface area (Å²) in [4.78, 5) is 16.9. The standard InChI is InChI=1S/C13H12N4O2S/c1-8-4-6-20-11(8)13(18)14-7-10-15-12(17-16-10)9-3-2-5-19-9/h2-6H,7H2,1H3,(H,14,18)(H,15,16,17). The first-order chi connectivity index (χ1) is 9.74. The highest BCUT2D eigenvalue weighted by Gasteiger charge is 2.12. The number of hydrogen-bond donors (Lipinski definition) is 2. The molecular weight excluding hydrogens is 276 g/mol. The van der Waals surface area contributed by atoms with E-state index in [1.54, 1.807) is 18.4 Å². The monoisotopic (exact) mass is 288 g/mol. The number of furan rings is 1. The molecule has 2 N–H and O–H groups in total. The topological polar surface area (TPSA) is 83.8 Å². The lowest BCUT2D eigenvalue weighted by molar-refractivity contribution is 0.0953. The Morgan fingerprint density at radius 3 is 3.10 bits per heavy atom. The molecule has 0 unspecified atom stereocenters. The van der Waals surface area contributed by atoms with Gasteiger partial charge in [-0.25, -0.2) is 4.98 Å². The maximum absolute atomic E-state index is 12.0. The molecule has 0 radical (unpaired) electrons. The molecule has 7 heteroatoms. The minimum Gasteiger partial charge on any atom is -0.461 e. The summed E-state index contributed by atoms with van der Waals surface area (Å²) >= 11 is 1.42. The zero-order chi connectivity index (χ0) is 13.9. The summed E-state index contributed by atoms with van der Waals surface area (Å²) in [5.74, 6) is 1.55. The second kappa shape index (κ2) is 5.30. The van der Waals surface area contributed by atoms with E-state index in [0.29, 0.717) is 24.0 Å². The lowest BCUT2D eigenvalue weighted by atomic mass is 10.3. The predicted octanol–water partition coefficient (Wildman–Crippen LogP) is 2.36. The number of aromatic amines is 1. The lowest BCUT2D eigenvalue weighted by Gasteiger charge is -2.01. The summed E-state index contributed by atoms with van der Waals surface area (Å²) in [6.45, 7) is 2.21. The molecule has 0 saturated carbocycles. The van der Waals surface area contributed by atoms with Gasteiger partial charge in [-0.2, -0.15) is 0 Å². The molecule has 0 aliphatic carbocycles. The van der Waals surface area contributed by atoms with Crippen LogP contribution in [0.1, 0.15) is 21.1 Å². The van der Waals surface area contributed by atoms with E-state index >= 15 is 0 Å². The van der Waals surface area contributed by atoms with Crippen LogP contribution >= 0.6 is 11.3 Å². The molecule has 0 spiro atoms. The first kappa shape index (κ1) is 12.6. The number of carbonyl (C=O) groups excluding carboxylic acids is 1. The Labute approximate surface area is 118 Å². The molecule has 102 valence electrons. The Balaban J connectivity index is 1.65. The van der Waals surface area contributed by atoms with Crippen LogP contribution in [0.15, 0.2) is 34.3 Å². The fraction of sp³-hybridized carbons (Fsp3) is 0.154. The SMILES string of the molecule is Cc1ccsc1C(=O)NCc1nc(-c2ccco2)n[nH]1. The van der Waals surface area contributed by atoms with Gasteiger partial charge in [0.2, 0.25) is 5.82 Å². The number of nitrogens with zero attached hydrogens (tertiary/aromatic N) is 2. The van der Waals surface area contributed by atoms with Crippen LogP contribution in [0.25, 0.3) is 11.6 Å². The van der Waals surface area contributed by atoms with Crippen molar-refractivity contribution in [3.63, 3.8) is 0 Å². The predicted molar refractivity (Wildman–Crippen MR) is 74.3 cm³/mol. The average Bonchev–Trinajstić information content (AvgIpc) is 3.16. The number of aryl methyl sites for hydroxylation is 1. The molecule has 0 aliphatic rings. The summed E-state index contributed by atoms with van der Waals surface area (Å²) in [5, 5.41) is 11.5. The minimum absolute atomic E-state index is 0.103. The molecule has 0 aromatic carbocycles. The van der Waals surface area contributed by atoms with Crippen LogP contribution in [0.3, 0.4) is 0 Å². The van der Waals surface area contributed by atoms with Crippen LogP contribution in [-0.4, -0.2) is 21.1 Å². The van der Waals surface area contributed by atoms with Crippen molar-refractivity contribution in [1.29, 1.82) is 0 Å². The van der Waals surface area contributed by atoms with Gasteiger partial charge in [-0.15, -0.1) is 16.4 Å². The Hall–Kier alpha value is -2.41. The number of amides is 1. The minimum atomic E-state index is -0.103. The zero-order valence-electron chi connectivity index (χ0n) is 10.7. The van der Waals surface area contributed by atoms with Gasteiger partial charge in [0.1, 0.15) is 5.82 Å². The van der Waals surface area contributed by atoms with E-state index in [2.05, 4.69) is 20.5 Å². The highest BCUT2D eigenvalue weighted by molar-refractivity contribution is 7.12. The van der Waals surface area contributed by atoms with Gasteiger partial charge in [-0.3, -0.25) is 9.89 Å². The van der Waals surface area contributed by atoms with E-state index in [1.807, 2.05) is 18.4 Å². The largest absolute Gasteiger partial charge is 0.461 e. The summed E-state index contributed by atoms with van der Waals surface area (Å²) < 4.78 is 5.20. The molecule has 0 aliphatic heterocycles. The van der Waals surface area contributed by atoms with Crippen LogP contribution in [0.5, 0.6) is 0 Å². The number of H-pyrrole nitrogens is 1. The van der Waals surface area contributed by atoms with Crippen LogP contribution in [0.2, 0.25) is 0 Å². The first-order valence-electron chi connectivity index (χ1n) is 6.01. The fourth-order valence-corrected chi connectivity index (χ4v) is 2.58. The van der Waals surface area contributed by atoms with Gasteiger partial charge in [0.25, 0.3) is 5.91 Å². The average molecular weight is 288 g/mol. The Morgan fingerprint density at radius 2 is 2.40 bits per heavy atom. The third-order valence-corrected chi connectivity index (χ3v) is 3.77. The number of carbonyl (C=O) groups is 1. The van der Waals surface area contributed by atoms with Crippen LogP contribution in [0, 0.1) is 6.92 Å². The third kappa shape index (κ3) is 2.48. The van der Waals surface area contributed by atoms with Gasteiger partial charge >= 0.3 is 0 Å². The zero-order valence-corrected chi connectivity index (χ0v) is 11.5. The van der Waals surface area contributed by atoms with E-state index < -0.39 is 0 Å². The summed E-state index contributed by atoms with van der Waals surface area (Å²) in [6.07, 6.45) is 1.56. The van der Waals surface area contributed by atoms with Crippen molar-refractivity contribution >= 4 is 17.2 Å². The molecule has 3 aromatic heterocycles. The summed E-state index contributed by atoms with van der Waals surface area (Å²) in [5.41, 5.74) is 0.973. The number of hydrogen-bond acceptors (Lipinski definition) is 5. The fourth-order valence-electron chi connectivity index (χ4n) is 1.74. The third-order valence-electron chi connectivity index (χ3n) is 2.76. The number of rotatable bonds is 4. The molecule has 6 nitrogen and oxygen atoms in total. The van der Waals surface area contributed by atoms with Crippen molar-refractivity contribution in [2.45, 2.75) is 13.5 Å². The van der Waals surface area contributed by atoms with E-state index in [4.69, 9.17) is 4.42 Å². The maximum atomic E-state index is 12.0. The number of nitrogens with one attached hydrogen (secondary N) is 2. The van der Waals surface area contributed by atoms with Gasteiger partial charge in [0, 0.05) is 0 Å². The van der Waals surface area contributed by atoms with E-state index in [9.17, 15) is 4.79 Å². The summed E-state index contributed by atoms with van der Waals surface area (Å²) in [7, 11) is 0. The van der Waals surface area contributed by atoms with Gasteiger partial charge in [-0.1, -0.05) is 0 Å². The molecule has 20 heavy (non-hydrogen) atoms. The van der Waals surface area contributed by atoms with Crippen molar-refractivity contribution in [2.24, 2.45) is 0 Å². The van der Waals surface area contributed by atoms with Crippen LogP contribution in [-0.2, 0) is 6.54 Å². The molecule has 0 bridgehead atoms. The van der Waals surface area contributed by atoms with E-state index in [0.717, 1.165) is 10.4 Å². The maximum Gasteiger partial charge on any atom is 0.261 e. The van der Waals surface area contributed by atoms with Gasteiger partial charge in [-0.05, 0) is 36.1 Å². The summed E-state index contributed by atoms with van der Waals surface area (Å²) in [6, 6.07) is 5.47. The van der Waals surface area contributed by atoms with Gasteiger partial charge < -0.3 is 9.73 Å². The second-order valence-corrected chi connectivity index (χ2v) is 5.11. The number of aromatic nitrogens is 3. The molecule has 0 fully saturated rings. The van der Waals surface area contributed by atoms with E-state index in [1.165, 1.54) is 11.3 Å². The highest BCUT2D eigenvalue weighted by atomic mass is 32.1. The van der Waals surface area contributed by atoms with Crippen LogP contribution in [0.4, 0.5) is 0 Å². The van der Waals surface area contributed by atoms with Crippen molar-refractivity contribution in [1.82, 2.24) is 20.5 Å². The molecule has 3 heterocycles. The first-order valence-corrected chi connectivity index (χ1v) is 6.89. The van der Waals surface area contributed by atoms with Crippen molar-refractivity contribution in [3.05, 3.63) is 46.1 Å². The molecule has 3 aromatic rings. The highest BCUT2D eigenvalue weighted by Crippen LogP contribution is 2.16. The smallest absolute Gasteiger partial charge is 0.261 e. The Morgan fingerprint density at radius 1 is 1.50 bits per heavy atom. The number of thiophene rings is 1. The van der Waals surface area contributed by atoms with Crippen molar-refractivity contribution in [2.75, 3.05) is 0 Å². The molecular formula is C13H12N4O2S. The quantitative estimate of drug-likeness (QED) is 0.772. The molecule has 0 saturated heterocycles. The normalized spacial score (nSPS) is 10.7. The van der Waals surface area contributed by atoms with Crippen molar-refractivity contribution in [3.8, 4) is 11.6 Å². The van der Waals surface area contributed by atoms with Crippen molar-refractivity contribution < 1.29 is 9.21 Å². The Bertz CT molecular complexity index is 714. The lowest BCUT2D eigenvalue weighted by Crippen LogP contribution is -2.23. The molecule has 0 atom stereocenters. The second-order valence-electron chi connectivity index (χ2n) is 4.20. The molecule has 3 rings (SSSR count).